The smallest absolute Gasteiger partial charge is 0.272 e. The molecule has 2 amide bonds. The summed E-state index contributed by atoms with van der Waals surface area (Å²) in [5, 5.41) is 11.3. The Morgan fingerprint density at radius 2 is 2.00 bits per heavy atom. The second-order valence-electron chi connectivity index (χ2n) is 5.78. The van der Waals surface area contributed by atoms with Gasteiger partial charge in [0.25, 0.3) is 11.8 Å². The summed E-state index contributed by atoms with van der Waals surface area (Å²) in [4.78, 5) is 38.5. The SMILES string of the molecule is CCc1c(C(=O)Nc2cccc(/C=C/C(=O)NO)c2)[nH]c(C)c1C(C)=O. The number of carbonyl (C=O) groups is 3. The highest BCUT2D eigenvalue weighted by molar-refractivity contribution is 6.07. The molecule has 0 bridgehead atoms. The van der Waals surface area contributed by atoms with Crippen LogP contribution >= 0.6 is 0 Å². The highest BCUT2D eigenvalue weighted by Crippen LogP contribution is 2.22. The van der Waals surface area contributed by atoms with Crippen LogP contribution in [0.15, 0.2) is 30.3 Å². The molecule has 0 saturated carbocycles. The molecule has 4 N–H and O–H groups in total. The molecule has 0 saturated heterocycles. The first-order chi connectivity index (χ1) is 12.4. The van der Waals surface area contributed by atoms with Gasteiger partial charge in [-0.05, 0) is 49.6 Å². The van der Waals surface area contributed by atoms with Crippen LogP contribution in [-0.4, -0.2) is 27.8 Å². The topological polar surface area (TPSA) is 111 Å². The number of benzene rings is 1. The predicted octanol–water partition coefficient (Wildman–Crippen LogP) is 2.86. The molecular formula is C19H21N3O4. The number of amides is 2. The number of ketones is 1. The summed E-state index contributed by atoms with van der Waals surface area (Å²) in [5.41, 5.74) is 5.02. The number of carbonyl (C=O) groups excluding carboxylic acids is 3. The van der Waals surface area contributed by atoms with E-state index in [2.05, 4.69) is 10.3 Å². The van der Waals surface area contributed by atoms with Crippen molar-refractivity contribution in [2.45, 2.75) is 27.2 Å². The third-order valence-corrected chi connectivity index (χ3v) is 3.91. The van der Waals surface area contributed by atoms with Gasteiger partial charge < -0.3 is 10.3 Å². The van der Waals surface area contributed by atoms with Crippen LogP contribution in [0.25, 0.3) is 6.08 Å². The average Bonchev–Trinajstić information content (AvgIpc) is 2.96. The Morgan fingerprint density at radius 1 is 1.27 bits per heavy atom. The molecule has 0 radical (unpaired) electrons. The van der Waals surface area contributed by atoms with Crippen LogP contribution in [0.4, 0.5) is 5.69 Å². The van der Waals surface area contributed by atoms with Crippen LogP contribution in [-0.2, 0) is 11.2 Å². The van der Waals surface area contributed by atoms with E-state index < -0.39 is 5.91 Å². The number of aromatic nitrogens is 1. The Morgan fingerprint density at radius 3 is 2.62 bits per heavy atom. The first-order valence-corrected chi connectivity index (χ1v) is 8.13. The van der Waals surface area contributed by atoms with Crippen LogP contribution in [0, 0.1) is 6.92 Å². The van der Waals surface area contributed by atoms with Gasteiger partial charge in [-0.3, -0.25) is 19.6 Å². The molecular weight excluding hydrogens is 334 g/mol. The Bertz CT molecular complexity index is 881. The summed E-state index contributed by atoms with van der Waals surface area (Å²) >= 11 is 0. The molecule has 0 unspecified atom stereocenters. The predicted molar refractivity (Wildman–Crippen MR) is 98.3 cm³/mol. The van der Waals surface area contributed by atoms with Crippen molar-refractivity contribution in [3.05, 3.63) is 58.4 Å². The lowest BCUT2D eigenvalue weighted by Gasteiger charge is -2.07. The normalized spacial score (nSPS) is 10.8. The van der Waals surface area contributed by atoms with Gasteiger partial charge in [0.05, 0.1) is 0 Å². The van der Waals surface area contributed by atoms with E-state index >= 15 is 0 Å². The van der Waals surface area contributed by atoms with Gasteiger partial charge in [0.2, 0.25) is 0 Å². The lowest BCUT2D eigenvalue weighted by molar-refractivity contribution is -0.124. The number of aryl methyl sites for hydroxylation is 1. The van der Waals surface area contributed by atoms with Crippen molar-refractivity contribution in [2.24, 2.45) is 0 Å². The maximum Gasteiger partial charge on any atom is 0.272 e. The summed E-state index contributed by atoms with van der Waals surface area (Å²) in [5.74, 6) is -1.07. The number of hydroxylamine groups is 1. The maximum absolute atomic E-state index is 12.6. The zero-order valence-corrected chi connectivity index (χ0v) is 14.8. The minimum Gasteiger partial charge on any atom is -0.354 e. The van der Waals surface area contributed by atoms with E-state index in [9.17, 15) is 14.4 Å². The molecule has 7 heteroatoms. The molecule has 0 aliphatic carbocycles. The van der Waals surface area contributed by atoms with E-state index in [0.29, 0.717) is 40.2 Å². The molecule has 136 valence electrons. The molecule has 0 spiro atoms. The fourth-order valence-corrected chi connectivity index (χ4v) is 2.82. The maximum atomic E-state index is 12.6. The van der Waals surface area contributed by atoms with Crippen molar-refractivity contribution in [1.29, 1.82) is 0 Å². The number of H-pyrrole nitrogens is 1. The van der Waals surface area contributed by atoms with Crippen LogP contribution < -0.4 is 10.8 Å². The highest BCUT2D eigenvalue weighted by atomic mass is 16.5. The monoisotopic (exact) mass is 355 g/mol. The summed E-state index contributed by atoms with van der Waals surface area (Å²) in [7, 11) is 0. The largest absolute Gasteiger partial charge is 0.354 e. The van der Waals surface area contributed by atoms with Gasteiger partial charge in [-0.1, -0.05) is 19.1 Å². The Hall–Kier alpha value is -3.19. The molecule has 1 aromatic carbocycles. The lowest BCUT2D eigenvalue weighted by atomic mass is 10.0. The molecule has 1 heterocycles. The van der Waals surface area contributed by atoms with Gasteiger partial charge in [0, 0.05) is 23.0 Å². The minimum absolute atomic E-state index is 0.0797. The van der Waals surface area contributed by atoms with Crippen LogP contribution in [0.2, 0.25) is 0 Å². The van der Waals surface area contributed by atoms with Crippen molar-refractivity contribution >= 4 is 29.4 Å². The van der Waals surface area contributed by atoms with Crippen molar-refractivity contribution < 1.29 is 19.6 Å². The quantitative estimate of drug-likeness (QED) is 0.276. The van der Waals surface area contributed by atoms with Crippen molar-refractivity contribution in [3.63, 3.8) is 0 Å². The van der Waals surface area contributed by atoms with Gasteiger partial charge in [-0.15, -0.1) is 0 Å². The number of anilines is 1. The Balaban J connectivity index is 2.26. The average molecular weight is 355 g/mol. The lowest BCUT2D eigenvalue weighted by Crippen LogP contribution is -2.15. The van der Waals surface area contributed by atoms with Gasteiger partial charge >= 0.3 is 0 Å². The molecule has 0 fully saturated rings. The number of hydrogen-bond acceptors (Lipinski definition) is 4. The van der Waals surface area contributed by atoms with E-state index in [-0.39, 0.29) is 11.7 Å². The van der Waals surface area contributed by atoms with Crippen molar-refractivity contribution in [1.82, 2.24) is 10.5 Å². The van der Waals surface area contributed by atoms with Crippen LogP contribution in [0.3, 0.4) is 0 Å². The Labute approximate surface area is 151 Å². The van der Waals surface area contributed by atoms with Gasteiger partial charge in [0.1, 0.15) is 5.69 Å². The highest BCUT2D eigenvalue weighted by Gasteiger charge is 2.21. The number of nitrogens with one attached hydrogen (secondary N) is 3. The fraction of sp³-hybridized carbons (Fsp3) is 0.211. The van der Waals surface area contributed by atoms with Gasteiger partial charge in [-0.25, -0.2) is 5.48 Å². The zero-order valence-electron chi connectivity index (χ0n) is 14.8. The summed E-state index contributed by atoms with van der Waals surface area (Å²) in [6, 6.07) is 6.88. The molecule has 0 aliphatic heterocycles. The molecule has 2 aromatic rings. The third-order valence-electron chi connectivity index (χ3n) is 3.91. The number of aromatic amines is 1. The number of Topliss-reactive ketones (excluding diaryl/α,β-unsaturated/α-hetero) is 1. The minimum atomic E-state index is -0.648. The molecule has 0 atom stereocenters. The van der Waals surface area contributed by atoms with E-state index in [4.69, 9.17) is 5.21 Å². The van der Waals surface area contributed by atoms with E-state index in [1.165, 1.54) is 24.6 Å². The van der Waals surface area contributed by atoms with Crippen LogP contribution in [0.1, 0.15) is 51.5 Å². The first kappa shape index (κ1) is 19.1. The van der Waals surface area contributed by atoms with E-state index in [1.807, 2.05) is 6.92 Å². The fourth-order valence-electron chi connectivity index (χ4n) is 2.82. The molecule has 7 nitrogen and oxygen atoms in total. The van der Waals surface area contributed by atoms with Gasteiger partial charge in [0.15, 0.2) is 5.78 Å². The standard InChI is InChI=1S/C19H21N3O4/c1-4-15-17(12(3)23)11(2)20-18(15)19(25)21-14-7-5-6-13(10-14)8-9-16(24)22-26/h5-10,20,26H,4H2,1-3H3,(H,21,25)(H,22,24)/b9-8+. The molecule has 0 aliphatic rings. The number of rotatable bonds is 6. The van der Waals surface area contributed by atoms with E-state index in [0.717, 1.165) is 0 Å². The number of hydrogen-bond donors (Lipinski definition) is 4. The second-order valence-corrected chi connectivity index (χ2v) is 5.78. The molecule has 26 heavy (non-hydrogen) atoms. The molecule has 1 aromatic heterocycles. The van der Waals surface area contributed by atoms with Crippen LogP contribution in [0.5, 0.6) is 0 Å². The second kappa shape index (κ2) is 8.26. The summed E-state index contributed by atoms with van der Waals surface area (Å²) in [6.45, 7) is 5.14. The molecule has 2 rings (SSSR count). The van der Waals surface area contributed by atoms with Crippen molar-refractivity contribution in [3.8, 4) is 0 Å². The van der Waals surface area contributed by atoms with Gasteiger partial charge in [-0.2, -0.15) is 0 Å². The third kappa shape index (κ3) is 4.25. The summed E-state index contributed by atoms with van der Waals surface area (Å²) < 4.78 is 0. The first-order valence-electron chi connectivity index (χ1n) is 8.13. The Kier molecular flexibility index (Phi) is 6.08. The van der Waals surface area contributed by atoms with E-state index in [1.54, 1.807) is 31.2 Å². The van der Waals surface area contributed by atoms with Crippen molar-refractivity contribution in [2.75, 3.05) is 5.32 Å². The summed E-state index contributed by atoms with van der Waals surface area (Å²) in [6.07, 6.45) is 3.23. The zero-order chi connectivity index (χ0) is 19.3.